The zero-order valence-electron chi connectivity index (χ0n) is 37.9. The highest BCUT2D eigenvalue weighted by Gasteiger charge is 2.51. The van der Waals surface area contributed by atoms with Crippen LogP contribution >= 0.6 is 0 Å². The van der Waals surface area contributed by atoms with Gasteiger partial charge in [-0.15, -0.1) is 0 Å². The fourth-order valence-electron chi connectivity index (χ4n) is 11.4. The van der Waals surface area contributed by atoms with Crippen molar-refractivity contribution in [3.8, 4) is 44.5 Å². The first-order chi connectivity index (χ1) is 34.1. The van der Waals surface area contributed by atoms with Gasteiger partial charge in [0.2, 0.25) is 0 Å². The molecule has 11 aromatic rings. The lowest BCUT2D eigenvalue weighted by Crippen LogP contribution is -2.26. The monoisotopic (exact) mass is 879 g/mol. The number of rotatable bonds is 9. The van der Waals surface area contributed by atoms with E-state index in [1.54, 1.807) is 0 Å². The molecule has 0 saturated heterocycles. The predicted octanol–water partition coefficient (Wildman–Crippen LogP) is 18.3. The minimum absolute atomic E-state index is 0.480. The Kier molecular flexibility index (Phi) is 9.42. The second-order valence-electron chi connectivity index (χ2n) is 18.0. The van der Waals surface area contributed by atoms with Gasteiger partial charge in [0.05, 0.1) is 11.1 Å². The molecule has 10 aromatic carbocycles. The lowest BCUT2D eigenvalue weighted by atomic mass is 9.70. The predicted molar refractivity (Wildman–Crippen MR) is 292 cm³/mol. The van der Waals surface area contributed by atoms with Gasteiger partial charge in [-0.05, 0) is 132 Å². The number of fused-ring (bicyclic) bond motifs is 15. The number of para-hydroxylation sites is 1. The van der Waals surface area contributed by atoms with Gasteiger partial charge in [0.15, 0.2) is 0 Å². The van der Waals surface area contributed by atoms with Crippen molar-refractivity contribution in [1.29, 1.82) is 0 Å². The van der Waals surface area contributed by atoms with Crippen molar-refractivity contribution in [3.63, 3.8) is 0 Å². The van der Waals surface area contributed by atoms with E-state index in [0.29, 0.717) is 0 Å². The minimum Gasteiger partial charge on any atom is -0.455 e. The van der Waals surface area contributed by atoms with Crippen molar-refractivity contribution in [2.75, 3.05) is 4.90 Å². The van der Waals surface area contributed by atoms with Gasteiger partial charge in [-0.3, -0.25) is 0 Å². The maximum atomic E-state index is 6.61. The highest BCUT2D eigenvalue weighted by molar-refractivity contribution is 6.16. The van der Waals surface area contributed by atoms with Crippen LogP contribution in [0.2, 0.25) is 0 Å². The molecule has 0 amide bonds. The van der Waals surface area contributed by atoms with Crippen LogP contribution in [0.3, 0.4) is 0 Å². The summed E-state index contributed by atoms with van der Waals surface area (Å²) in [6.45, 7) is 7.81. The SMILES string of the molecule is C=C/C=C\c1ccc(-c2ccc(N(c3ccc4c(c3)C3(c5ccccc5-c5ccccc53)c3ccccc3-4)c3ccccc3-c3ccc4oc5c6ccccc6ccc5c4c3)cc2)cc1/C=C\C=C. The molecule has 324 valence electrons. The quantitative estimate of drug-likeness (QED) is 0.134. The average Bonchev–Trinajstić information content (AvgIpc) is 4.04. The maximum Gasteiger partial charge on any atom is 0.143 e. The Balaban J connectivity index is 1.02. The van der Waals surface area contributed by atoms with Gasteiger partial charge < -0.3 is 9.32 Å². The first-order valence-corrected chi connectivity index (χ1v) is 23.6. The summed E-state index contributed by atoms with van der Waals surface area (Å²) in [6.07, 6.45) is 11.8. The second-order valence-corrected chi connectivity index (χ2v) is 18.0. The fraction of sp³-hybridized carbons (Fsp3) is 0.0149. The smallest absolute Gasteiger partial charge is 0.143 e. The third kappa shape index (κ3) is 6.19. The molecule has 69 heavy (non-hydrogen) atoms. The van der Waals surface area contributed by atoms with Crippen molar-refractivity contribution in [3.05, 3.63) is 283 Å². The zero-order valence-corrected chi connectivity index (χ0v) is 37.9. The van der Waals surface area contributed by atoms with Crippen molar-refractivity contribution in [2.24, 2.45) is 0 Å². The van der Waals surface area contributed by atoms with E-state index in [2.05, 4.69) is 243 Å². The fourth-order valence-corrected chi connectivity index (χ4v) is 11.4. The summed E-state index contributed by atoms with van der Waals surface area (Å²) in [4.78, 5) is 2.45. The molecule has 0 N–H and O–H groups in total. The molecule has 0 saturated carbocycles. The molecule has 0 bridgehead atoms. The summed E-state index contributed by atoms with van der Waals surface area (Å²) >= 11 is 0. The molecule has 0 unspecified atom stereocenters. The summed E-state index contributed by atoms with van der Waals surface area (Å²) in [5.41, 5.74) is 21.7. The van der Waals surface area contributed by atoms with Gasteiger partial charge in [0.1, 0.15) is 11.2 Å². The molecule has 0 aliphatic heterocycles. The van der Waals surface area contributed by atoms with Gasteiger partial charge in [-0.1, -0.05) is 207 Å². The van der Waals surface area contributed by atoms with E-state index < -0.39 is 5.41 Å². The summed E-state index contributed by atoms with van der Waals surface area (Å²) < 4.78 is 6.61. The van der Waals surface area contributed by atoms with Crippen molar-refractivity contribution in [1.82, 2.24) is 0 Å². The Bertz CT molecular complexity index is 3890. The van der Waals surface area contributed by atoms with Crippen LogP contribution < -0.4 is 4.90 Å². The molecule has 2 nitrogen and oxygen atoms in total. The first-order valence-electron chi connectivity index (χ1n) is 23.6. The van der Waals surface area contributed by atoms with Crippen molar-refractivity contribution >= 4 is 61.9 Å². The lowest BCUT2D eigenvalue weighted by Gasteiger charge is -2.32. The molecule has 0 radical (unpaired) electrons. The summed E-state index contributed by atoms with van der Waals surface area (Å²) in [7, 11) is 0. The standard InChI is InChI=1S/C67H45NO/c1-3-5-17-44-29-30-48(41-47(44)18-6-4-2)45-31-35-50(36-32-45)68(64-28-16-12-20-52(64)49-34-40-65-59(42-49)58-38-33-46-19-7-8-21-53(46)66(58)69-65)51-37-39-57-56-24-11-15-27-62(56)67(63(57)43-51)60-25-13-9-22-54(60)55-23-10-14-26-61(55)67/h3-43H,1-2H2/b17-5-,18-6-. The molecule has 1 heterocycles. The van der Waals surface area contributed by atoms with Crippen LogP contribution in [0.25, 0.3) is 89.4 Å². The van der Waals surface area contributed by atoms with E-state index in [1.165, 1.54) is 49.9 Å². The van der Waals surface area contributed by atoms with E-state index in [9.17, 15) is 0 Å². The van der Waals surface area contributed by atoms with Crippen LogP contribution in [-0.4, -0.2) is 0 Å². The Morgan fingerprint density at radius 1 is 0.391 bits per heavy atom. The third-order valence-corrected chi connectivity index (χ3v) is 14.4. The molecule has 0 fully saturated rings. The number of allylic oxidation sites excluding steroid dienone is 4. The lowest BCUT2D eigenvalue weighted by molar-refractivity contribution is 0.672. The van der Waals surface area contributed by atoms with Gasteiger partial charge in [0, 0.05) is 33.1 Å². The first kappa shape index (κ1) is 40.3. The van der Waals surface area contributed by atoms with Gasteiger partial charge >= 0.3 is 0 Å². The van der Waals surface area contributed by atoms with Crippen LogP contribution in [0.4, 0.5) is 17.1 Å². The molecule has 1 spiro atoms. The summed E-state index contributed by atoms with van der Waals surface area (Å²) in [5, 5.41) is 4.51. The van der Waals surface area contributed by atoms with E-state index in [4.69, 9.17) is 4.42 Å². The Morgan fingerprint density at radius 3 is 1.68 bits per heavy atom. The molecular formula is C67H45NO. The van der Waals surface area contributed by atoms with Crippen LogP contribution in [0.1, 0.15) is 33.4 Å². The number of benzene rings is 10. The molecule has 1 aromatic heterocycles. The van der Waals surface area contributed by atoms with E-state index in [-0.39, 0.29) is 0 Å². The van der Waals surface area contributed by atoms with Crippen LogP contribution in [0.5, 0.6) is 0 Å². The van der Waals surface area contributed by atoms with Crippen LogP contribution in [0.15, 0.2) is 254 Å². The van der Waals surface area contributed by atoms with E-state index in [0.717, 1.165) is 77.8 Å². The number of hydrogen-bond donors (Lipinski definition) is 0. The zero-order chi connectivity index (χ0) is 46.1. The van der Waals surface area contributed by atoms with Gasteiger partial charge in [-0.2, -0.15) is 0 Å². The molecule has 0 atom stereocenters. The molecule has 13 rings (SSSR count). The number of hydrogen-bond acceptors (Lipinski definition) is 2. The Morgan fingerprint density at radius 2 is 0.971 bits per heavy atom. The molecule has 2 aliphatic rings. The third-order valence-electron chi connectivity index (χ3n) is 14.4. The number of anilines is 3. The molecule has 2 aliphatic carbocycles. The maximum absolute atomic E-state index is 6.61. The average molecular weight is 880 g/mol. The largest absolute Gasteiger partial charge is 0.455 e. The highest BCUT2D eigenvalue weighted by Crippen LogP contribution is 2.63. The topological polar surface area (TPSA) is 16.4 Å². The van der Waals surface area contributed by atoms with Gasteiger partial charge in [0.25, 0.3) is 0 Å². The van der Waals surface area contributed by atoms with E-state index >= 15 is 0 Å². The number of nitrogens with zero attached hydrogens (tertiary/aromatic N) is 1. The molecular weight excluding hydrogens is 835 g/mol. The Hall–Kier alpha value is -8.98. The van der Waals surface area contributed by atoms with Crippen LogP contribution in [0, 0.1) is 0 Å². The summed E-state index contributed by atoms with van der Waals surface area (Å²) in [6, 6.07) is 78.2. The van der Waals surface area contributed by atoms with Crippen molar-refractivity contribution < 1.29 is 4.42 Å². The van der Waals surface area contributed by atoms with Crippen LogP contribution in [-0.2, 0) is 5.41 Å². The second kappa shape index (κ2) is 16.1. The highest BCUT2D eigenvalue weighted by atomic mass is 16.3. The Labute approximate surface area is 402 Å². The normalized spacial score (nSPS) is 13.0. The number of furan rings is 1. The summed E-state index contributed by atoms with van der Waals surface area (Å²) in [5.74, 6) is 0. The molecule has 2 heteroatoms. The van der Waals surface area contributed by atoms with Gasteiger partial charge in [-0.25, -0.2) is 0 Å². The van der Waals surface area contributed by atoms with Crippen molar-refractivity contribution in [2.45, 2.75) is 5.41 Å². The van der Waals surface area contributed by atoms with E-state index in [1.807, 2.05) is 24.3 Å². The minimum atomic E-state index is -0.480.